The maximum atomic E-state index is 12.8. The summed E-state index contributed by atoms with van der Waals surface area (Å²) in [6, 6.07) is 10.8. The summed E-state index contributed by atoms with van der Waals surface area (Å²) in [5.41, 5.74) is 2.70. The number of nitrogens with zero attached hydrogens (tertiary/aromatic N) is 1. The van der Waals surface area contributed by atoms with Crippen molar-refractivity contribution in [2.45, 2.75) is 56.8 Å². The maximum Gasteiger partial charge on any atom is 0.287 e. The van der Waals surface area contributed by atoms with E-state index in [9.17, 15) is 9.59 Å². The highest BCUT2D eigenvalue weighted by Crippen LogP contribution is 2.31. The number of benzene rings is 1. The standard InChI is InChI=1S/C21H23N3O3/c25-19-9-13-3-1-2-4-18(13)24(19)12-14-7-8-27-20(14)21(26)23-17-10-15-5-6-16(11-17)22-15/h1-4,7-8,15-17,22H,5-6,9-12H2,(H,23,26). The third-order valence-corrected chi connectivity index (χ3v) is 6.01. The van der Waals surface area contributed by atoms with E-state index >= 15 is 0 Å². The number of piperidine rings is 1. The molecule has 2 aromatic rings. The van der Waals surface area contributed by atoms with Crippen LogP contribution in [0.25, 0.3) is 0 Å². The normalized spacial score (nSPS) is 26.3. The monoisotopic (exact) mass is 365 g/mol. The zero-order valence-corrected chi connectivity index (χ0v) is 15.1. The first-order valence-corrected chi connectivity index (χ1v) is 9.69. The summed E-state index contributed by atoms with van der Waals surface area (Å²) in [5, 5.41) is 6.72. The molecule has 2 N–H and O–H groups in total. The Kier molecular flexibility index (Phi) is 4.01. The van der Waals surface area contributed by atoms with E-state index in [-0.39, 0.29) is 17.9 Å². The Balaban J connectivity index is 1.31. The Morgan fingerprint density at radius 1 is 1.19 bits per heavy atom. The van der Waals surface area contributed by atoms with Crippen molar-refractivity contribution in [2.75, 3.05) is 4.90 Å². The van der Waals surface area contributed by atoms with Crippen LogP contribution in [0.1, 0.15) is 47.4 Å². The topological polar surface area (TPSA) is 74.6 Å². The molecule has 27 heavy (non-hydrogen) atoms. The van der Waals surface area contributed by atoms with Gasteiger partial charge in [-0.15, -0.1) is 0 Å². The number of nitrogens with one attached hydrogen (secondary N) is 2. The summed E-state index contributed by atoms with van der Waals surface area (Å²) in [6.45, 7) is 0.354. The smallest absolute Gasteiger partial charge is 0.287 e. The van der Waals surface area contributed by atoms with E-state index in [0.29, 0.717) is 30.8 Å². The molecule has 6 heteroatoms. The van der Waals surface area contributed by atoms with Crippen LogP contribution in [0.3, 0.4) is 0 Å². The van der Waals surface area contributed by atoms with Gasteiger partial charge in [-0.05, 0) is 43.4 Å². The molecule has 2 bridgehead atoms. The van der Waals surface area contributed by atoms with Gasteiger partial charge in [0.15, 0.2) is 5.76 Å². The van der Waals surface area contributed by atoms with Crippen LogP contribution in [0.2, 0.25) is 0 Å². The fourth-order valence-corrected chi connectivity index (χ4v) is 4.75. The summed E-state index contributed by atoms with van der Waals surface area (Å²) >= 11 is 0. The van der Waals surface area contributed by atoms with E-state index in [2.05, 4.69) is 10.6 Å². The van der Waals surface area contributed by atoms with Crippen molar-refractivity contribution < 1.29 is 14.0 Å². The van der Waals surface area contributed by atoms with E-state index in [1.165, 1.54) is 19.1 Å². The number of amides is 2. The Labute approximate surface area is 157 Å². The first kappa shape index (κ1) is 16.6. The van der Waals surface area contributed by atoms with Gasteiger partial charge in [0, 0.05) is 29.4 Å². The molecule has 0 radical (unpaired) electrons. The number of carbonyl (C=O) groups excluding carboxylic acids is 2. The lowest BCUT2D eigenvalue weighted by Gasteiger charge is -2.29. The van der Waals surface area contributed by atoms with E-state index in [1.54, 1.807) is 11.0 Å². The molecule has 140 valence electrons. The predicted octanol–water partition coefficient (Wildman–Crippen LogP) is 2.38. The van der Waals surface area contributed by atoms with Gasteiger partial charge in [-0.1, -0.05) is 18.2 Å². The second-order valence-corrected chi connectivity index (χ2v) is 7.84. The van der Waals surface area contributed by atoms with Gasteiger partial charge in [0.1, 0.15) is 0 Å². The summed E-state index contributed by atoms with van der Waals surface area (Å²) in [6.07, 6.45) is 6.27. The lowest BCUT2D eigenvalue weighted by Crippen LogP contribution is -2.48. The maximum absolute atomic E-state index is 12.8. The van der Waals surface area contributed by atoms with Crippen LogP contribution >= 0.6 is 0 Å². The Morgan fingerprint density at radius 3 is 2.78 bits per heavy atom. The van der Waals surface area contributed by atoms with E-state index < -0.39 is 0 Å². The zero-order chi connectivity index (χ0) is 18.4. The van der Waals surface area contributed by atoms with E-state index in [1.807, 2.05) is 24.3 Å². The number of fused-ring (bicyclic) bond motifs is 3. The van der Waals surface area contributed by atoms with Crippen molar-refractivity contribution in [2.24, 2.45) is 0 Å². The summed E-state index contributed by atoms with van der Waals surface area (Å²) in [5.74, 6) is 0.193. The van der Waals surface area contributed by atoms with E-state index in [4.69, 9.17) is 4.42 Å². The van der Waals surface area contributed by atoms with Crippen molar-refractivity contribution in [1.29, 1.82) is 0 Å². The molecule has 3 aliphatic rings. The SMILES string of the molecule is O=C(NC1CC2CCC(C1)N2)c1occc1CN1C(=O)Cc2ccccc21. The molecule has 2 fully saturated rings. The molecule has 6 nitrogen and oxygen atoms in total. The number of para-hydroxylation sites is 1. The number of carbonyl (C=O) groups is 2. The van der Waals surface area contributed by atoms with Gasteiger partial charge in [0.25, 0.3) is 5.91 Å². The lowest BCUT2D eigenvalue weighted by molar-refractivity contribution is -0.117. The minimum atomic E-state index is -0.179. The second-order valence-electron chi connectivity index (χ2n) is 7.84. The van der Waals surface area contributed by atoms with Gasteiger partial charge in [0.2, 0.25) is 5.91 Å². The molecule has 2 atom stereocenters. The number of hydrogen-bond acceptors (Lipinski definition) is 4. The number of rotatable bonds is 4. The molecule has 1 aromatic heterocycles. The largest absolute Gasteiger partial charge is 0.459 e. The first-order chi connectivity index (χ1) is 13.2. The van der Waals surface area contributed by atoms with Crippen molar-refractivity contribution in [3.05, 3.63) is 53.5 Å². The van der Waals surface area contributed by atoms with Gasteiger partial charge < -0.3 is 20.0 Å². The Hall–Kier alpha value is -2.60. The van der Waals surface area contributed by atoms with Crippen LogP contribution in [0.4, 0.5) is 5.69 Å². The fraction of sp³-hybridized carbons (Fsp3) is 0.429. The van der Waals surface area contributed by atoms with Gasteiger partial charge in [-0.25, -0.2) is 0 Å². The third-order valence-electron chi connectivity index (χ3n) is 6.01. The quantitative estimate of drug-likeness (QED) is 0.872. The summed E-state index contributed by atoms with van der Waals surface area (Å²) < 4.78 is 5.51. The first-order valence-electron chi connectivity index (χ1n) is 9.69. The molecule has 2 amide bonds. The number of furan rings is 1. The van der Waals surface area contributed by atoms with Crippen molar-refractivity contribution in [1.82, 2.24) is 10.6 Å². The summed E-state index contributed by atoms with van der Waals surface area (Å²) in [4.78, 5) is 27.0. The molecular weight excluding hydrogens is 342 g/mol. The Bertz CT molecular complexity index is 878. The lowest BCUT2D eigenvalue weighted by atomic mass is 9.99. The average molecular weight is 365 g/mol. The molecule has 0 aliphatic carbocycles. The van der Waals surface area contributed by atoms with Crippen LogP contribution < -0.4 is 15.5 Å². The molecular formula is C21H23N3O3. The molecule has 2 saturated heterocycles. The van der Waals surface area contributed by atoms with Crippen LogP contribution in [0.5, 0.6) is 0 Å². The molecule has 3 aliphatic heterocycles. The van der Waals surface area contributed by atoms with Crippen molar-refractivity contribution in [3.63, 3.8) is 0 Å². The van der Waals surface area contributed by atoms with Crippen LogP contribution in [0.15, 0.2) is 41.0 Å². The average Bonchev–Trinajstić information content (AvgIpc) is 3.34. The van der Waals surface area contributed by atoms with Crippen LogP contribution in [-0.4, -0.2) is 29.9 Å². The zero-order valence-electron chi connectivity index (χ0n) is 15.1. The van der Waals surface area contributed by atoms with Crippen molar-refractivity contribution in [3.8, 4) is 0 Å². The highest BCUT2D eigenvalue weighted by atomic mass is 16.3. The molecule has 5 rings (SSSR count). The van der Waals surface area contributed by atoms with Gasteiger partial charge in [0.05, 0.1) is 19.2 Å². The minimum Gasteiger partial charge on any atom is -0.459 e. The minimum absolute atomic E-state index is 0.0543. The molecule has 2 unspecified atom stereocenters. The van der Waals surface area contributed by atoms with Crippen LogP contribution in [-0.2, 0) is 17.8 Å². The molecule has 4 heterocycles. The highest BCUT2D eigenvalue weighted by Gasteiger charge is 2.35. The molecule has 0 saturated carbocycles. The van der Waals surface area contributed by atoms with Crippen LogP contribution in [0, 0.1) is 0 Å². The predicted molar refractivity (Wildman–Crippen MR) is 100 cm³/mol. The van der Waals surface area contributed by atoms with Gasteiger partial charge in [-0.2, -0.15) is 0 Å². The van der Waals surface area contributed by atoms with Crippen molar-refractivity contribution >= 4 is 17.5 Å². The fourth-order valence-electron chi connectivity index (χ4n) is 4.75. The van der Waals surface area contributed by atoms with Gasteiger partial charge >= 0.3 is 0 Å². The molecule has 0 spiro atoms. The second kappa shape index (κ2) is 6.53. The number of hydrogen-bond donors (Lipinski definition) is 2. The summed E-state index contributed by atoms with van der Waals surface area (Å²) in [7, 11) is 0. The highest BCUT2D eigenvalue weighted by molar-refractivity contribution is 6.01. The molecule has 1 aromatic carbocycles. The van der Waals surface area contributed by atoms with E-state index in [0.717, 1.165) is 29.7 Å². The Morgan fingerprint density at radius 2 is 1.96 bits per heavy atom. The number of anilines is 1. The third kappa shape index (κ3) is 3.04. The van der Waals surface area contributed by atoms with Gasteiger partial charge in [-0.3, -0.25) is 9.59 Å².